The van der Waals surface area contributed by atoms with Gasteiger partial charge in [-0.2, -0.15) is 0 Å². The van der Waals surface area contributed by atoms with Gasteiger partial charge in [-0.15, -0.1) is 5.10 Å². The lowest BCUT2D eigenvalue weighted by molar-refractivity contribution is 0.601. The first-order valence-corrected chi connectivity index (χ1v) is 8.26. The lowest BCUT2D eigenvalue weighted by Gasteiger charge is -2.03. The van der Waals surface area contributed by atoms with Crippen LogP contribution in [0.1, 0.15) is 0 Å². The monoisotopic (exact) mass is 341 g/mol. The Kier molecular flexibility index (Phi) is 3.14. The van der Waals surface area contributed by atoms with E-state index in [9.17, 15) is 4.55 Å². The maximum absolute atomic E-state index is 11.3. The Hall–Kier alpha value is -0.890. The molecule has 0 aliphatic carbocycles. The van der Waals surface area contributed by atoms with Crippen LogP contribution >= 0.6 is 27.3 Å². The van der Waals surface area contributed by atoms with Crippen LogP contribution in [-0.4, -0.2) is 25.4 Å². The van der Waals surface area contributed by atoms with Crippen molar-refractivity contribution < 1.29 is 4.55 Å². The Morgan fingerprint density at radius 2 is 2.06 bits per heavy atom. The summed E-state index contributed by atoms with van der Waals surface area (Å²) in [4.78, 5) is 6.16. The third kappa shape index (κ3) is 2.18. The number of benzene rings is 1. The Morgan fingerprint density at radius 3 is 2.67 bits per heavy atom. The molecule has 0 amide bonds. The Balaban J connectivity index is 2.00. The number of hydrogen-bond donors (Lipinski definition) is 0. The van der Waals surface area contributed by atoms with Crippen LogP contribution in [0.25, 0.3) is 16.2 Å². The number of fused-ring (bicyclic) bond motifs is 1. The van der Waals surface area contributed by atoms with E-state index in [0.717, 1.165) is 25.0 Å². The smallest absolute Gasteiger partial charge is 0.213 e. The summed E-state index contributed by atoms with van der Waals surface area (Å²) in [5.41, 5.74) is 1.87. The Bertz CT molecular complexity index is 658. The number of aromatic nitrogens is 3. The van der Waals surface area contributed by atoms with Crippen molar-refractivity contribution in [3.05, 3.63) is 34.4 Å². The van der Waals surface area contributed by atoms with E-state index in [-0.39, 0.29) is 0 Å². The molecule has 0 bridgehead atoms. The molecule has 0 aliphatic heterocycles. The van der Waals surface area contributed by atoms with E-state index in [1.807, 2.05) is 30.5 Å². The Morgan fingerprint density at radius 1 is 1.33 bits per heavy atom. The van der Waals surface area contributed by atoms with E-state index in [1.54, 1.807) is 10.8 Å². The summed E-state index contributed by atoms with van der Waals surface area (Å²) >= 11 is 3.86. The molecule has 3 rings (SSSR count). The molecule has 7 heteroatoms. The highest BCUT2D eigenvalue weighted by molar-refractivity contribution is 9.11. The molecule has 4 nitrogen and oxygen atoms in total. The van der Waals surface area contributed by atoms with Crippen LogP contribution in [0.2, 0.25) is 0 Å². The van der Waals surface area contributed by atoms with Crippen LogP contribution in [0.3, 0.4) is 0 Å². The van der Waals surface area contributed by atoms with Crippen molar-refractivity contribution in [1.82, 2.24) is 14.6 Å². The zero-order chi connectivity index (χ0) is 12.7. The zero-order valence-electron chi connectivity index (χ0n) is 9.33. The minimum absolute atomic E-state index is 0.813. The molecule has 2 heterocycles. The second-order valence-electron chi connectivity index (χ2n) is 3.69. The Labute approximate surface area is 119 Å². The van der Waals surface area contributed by atoms with Gasteiger partial charge in [-0.1, -0.05) is 11.3 Å². The molecule has 0 fully saturated rings. The fourth-order valence-electron chi connectivity index (χ4n) is 1.63. The first-order chi connectivity index (χ1) is 8.63. The summed E-state index contributed by atoms with van der Waals surface area (Å²) in [7, 11) is 0. The van der Waals surface area contributed by atoms with Gasteiger partial charge in [-0.3, -0.25) is 0 Å². The van der Waals surface area contributed by atoms with E-state index in [0.29, 0.717) is 0 Å². The fourth-order valence-corrected chi connectivity index (χ4v) is 3.37. The molecule has 1 atom stereocenters. The summed E-state index contributed by atoms with van der Waals surface area (Å²) in [6, 6.07) is 7.58. The summed E-state index contributed by atoms with van der Waals surface area (Å²) in [6.07, 6.45) is 3.55. The van der Waals surface area contributed by atoms with Gasteiger partial charge in [0.15, 0.2) is 8.81 Å². The maximum Gasteiger partial charge on any atom is 0.213 e. The molecule has 0 aliphatic rings. The van der Waals surface area contributed by atoms with Gasteiger partial charge in [-0.25, -0.2) is 9.50 Å². The summed E-state index contributed by atoms with van der Waals surface area (Å²) in [5.74, 6) is 0. The minimum atomic E-state index is -0.946. The molecule has 0 saturated heterocycles. The standard InChI is InChI=1S/C11H8BrN3OS2/c1-18(16)8-4-2-7(3-5-8)9-6-15-11(13-9)17-10(12)14-15/h2-6H,1H3. The van der Waals surface area contributed by atoms with E-state index < -0.39 is 11.2 Å². The van der Waals surface area contributed by atoms with Crippen molar-refractivity contribution in [2.75, 3.05) is 6.26 Å². The number of rotatable bonds is 2. The predicted octanol–water partition coefficient (Wildman–Crippen LogP) is 2.96. The molecule has 1 aromatic carbocycles. The van der Waals surface area contributed by atoms with Crippen LogP contribution < -0.4 is 0 Å². The molecule has 0 saturated carbocycles. The van der Waals surface area contributed by atoms with Gasteiger partial charge in [0.25, 0.3) is 0 Å². The minimum Gasteiger partial charge on any atom is -0.612 e. The highest BCUT2D eigenvalue weighted by Crippen LogP contribution is 2.25. The SMILES string of the molecule is C[S+]([O-])c1ccc(-c2cn3nc(Br)sc3n2)cc1. The van der Waals surface area contributed by atoms with Crippen LogP contribution in [0.15, 0.2) is 39.3 Å². The molecule has 0 radical (unpaired) electrons. The van der Waals surface area contributed by atoms with Crippen molar-refractivity contribution in [2.45, 2.75) is 4.90 Å². The van der Waals surface area contributed by atoms with Crippen LogP contribution in [0, 0.1) is 0 Å². The van der Waals surface area contributed by atoms with Crippen molar-refractivity contribution in [1.29, 1.82) is 0 Å². The molecule has 18 heavy (non-hydrogen) atoms. The average Bonchev–Trinajstić information content (AvgIpc) is 2.86. The highest BCUT2D eigenvalue weighted by Gasteiger charge is 2.09. The lowest BCUT2D eigenvalue weighted by atomic mass is 10.2. The largest absolute Gasteiger partial charge is 0.612 e. The van der Waals surface area contributed by atoms with Crippen molar-refractivity contribution in [3.8, 4) is 11.3 Å². The van der Waals surface area contributed by atoms with Gasteiger partial charge in [0.1, 0.15) is 6.26 Å². The van der Waals surface area contributed by atoms with Crippen LogP contribution in [0.4, 0.5) is 0 Å². The topological polar surface area (TPSA) is 53.2 Å². The van der Waals surface area contributed by atoms with Crippen molar-refractivity contribution >= 4 is 43.4 Å². The number of hydrogen-bond acceptors (Lipinski definition) is 4. The number of imidazole rings is 1. The summed E-state index contributed by atoms with van der Waals surface area (Å²) in [6.45, 7) is 0. The van der Waals surface area contributed by atoms with Crippen LogP contribution in [0.5, 0.6) is 0 Å². The summed E-state index contributed by atoms with van der Waals surface area (Å²) < 4.78 is 13.9. The predicted molar refractivity (Wildman–Crippen MR) is 76.3 cm³/mol. The maximum atomic E-state index is 11.3. The quantitative estimate of drug-likeness (QED) is 0.673. The van der Waals surface area contributed by atoms with E-state index in [2.05, 4.69) is 26.0 Å². The molecule has 92 valence electrons. The fraction of sp³-hybridized carbons (Fsp3) is 0.0909. The van der Waals surface area contributed by atoms with Gasteiger partial charge in [0.05, 0.1) is 11.9 Å². The molecule has 0 N–H and O–H groups in total. The zero-order valence-corrected chi connectivity index (χ0v) is 12.6. The van der Waals surface area contributed by atoms with E-state index in [4.69, 9.17) is 0 Å². The number of nitrogens with zero attached hydrogens (tertiary/aromatic N) is 3. The summed E-state index contributed by atoms with van der Waals surface area (Å²) in [5, 5.41) is 4.25. The van der Waals surface area contributed by atoms with Crippen LogP contribution in [-0.2, 0) is 11.2 Å². The van der Waals surface area contributed by atoms with Gasteiger partial charge in [0.2, 0.25) is 4.96 Å². The molecular weight excluding hydrogens is 334 g/mol. The normalized spacial score (nSPS) is 13.1. The third-order valence-electron chi connectivity index (χ3n) is 2.50. The third-order valence-corrected chi connectivity index (χ3v) is 4.79. The van der Waals surface area contributed by atoms with E-state index >= 15 is 0 Å². The van der Waals surface area contributed by atoms with Gasteiger partial charge in [0, 0.05) is 5.56 Å². The lowest BCUT2D eigenvalue weighted by Crippen LogP contribution is -1.96. The molecule has 2 aromatic heterocycles. The second kappa shape index (κ2) is 4.65. The van der Waals surface area contributed by atoms with Gasteiger partial charge >= 0.3 is 0 Å². The first-order valence-electron chi connectivity index (χ1n) is 5.09. The van der Waals surface area contributed by atoms with E-state index in [1.165, 1.54) is 11.3 Å². The van der Waals surface area contributed by atoms with Gasteiger partial charge < -0.3 is 4.55 Å². The molecule has 3 aromatic rings. The van der Waals surface area contributed by atoms with Crippen molar-refractivity contribution in [2.24, 2.45) is 0 Å². The molecular formula is C11H8BrN3OS2. The highest BCUT2D eigenvalue weighted by atomic mass is 79.9. The average molecular weight is 342 g/mol. The van der Waals surface area contributed by atoms with Crippen molar-refractivity contribution in [3.63, 3.8) is 0 Å². The molecule has 0 spiro atoms. The first kappa shape index (κ1) is 12.2. The number of halogens is 1. The van der Waals surface area contributed by atoms with Gasteiger partial charge in [-0.05, 0) is 51.4 Å². The second-order valence-corrected chi connectivity index (χ2v) is 7.30. The molecule has 1 unspecified atom stereocenters.